The zero-order valence-corrected chi connectivity index (χ0v) is 13.4. The van der Waals surface area contributed by atoms with E-state index in [2.05, 4.69) is 10.3 Å². The van der Waals surface area contributed by atoms with Gasteiger partial charge >= 0.3 is 5.97 Å². The molecule has 2 N–H and O–H groups in total. The van der Waals surface area contributed by atoms with Crippen LogP contribution >= 0.6 is 11.3 Å². The molecule has 1 aromatic carbocycles. The van der Waals surface area contributed by atoms with E-state index in [1.807, 2.05) is 31.2 Å². The van der Waals surface area contributed by atoms with E-state index in [4.69, 9.17) is 0 Å². The Morgan fingerprint density at radius 1 is 1.23 bits per heavy atom. The van der Waals surface area contributed by atoms with Crippen LogP contribution in [0.5, 0.6) is 0 Å². The second-order valence-corrected chi connectivity index (χ2v) is 5.99. The summed E-state index contributed by atoms with van der Waals surface area (Å²) in [6.45, 7) is 3.76. The van der Waals surface area contributed by atoms with Gasteiger partial charge < -0.3 is 10.4 Å². The number of carboxylic acids is 1. The fraction of sp³-hybridized carbons (Fsp3) is 0.312. The number of benzene rings is 1. The van der Waals surface area contributed by atoms with Gasteiger partial charge in [0, 0.05) is 6.42 Å². The first-order chi connectivity index (χ1) is 10.5. The highest BCUT2D eigenvalue weighted by Gasteiger charge is 2.18. The molecule has 0 aliphatic heterocycles. The molecular formula is C16H18N2O3S. The summed E-state index contributed by atoms with van der Waals surface area (Å²) in [6, 6.07) is 8.12. The van der Waals surface area contributed by atoms with Crippen molar-refractivity contribution in [1.82, 2.24) is 4.98 Å². The molecule has 0 saturated carbocycles. The van der Waals surface area contributed by atoms with Crippen LogP contribution < -0.4 is 5.32 Å². The van der Waals surface area contributed by atoms with Crippen LogP contribution in [0.4, 0.5) is 5.13 Å². The molecular weight excluding hydrogens is 300 g/mol. The zero-order valence-electron chi connectivity index (χ0n) is 12.5. The number of aromatic carboxylic acids is 1. The van der Waals surface area contributed by atoms with E-state index in [0.29, 0.717) is 30.1 Å². The van der Waals surface area contributed by atoms with Crippen LogP contribution in [-0.4, -0.2) is 22.0 Å². The standard InChI is InChI=1S/C16H18N2O3S/c1-3-13(19)18-16-17-12(14(22-16)15(20)21)9-8-11-6-4-10(2)5-7-11/h4-7H,3,8-9H2,1-2H3,(H,20,21)(H,17,18,19). The first-order valence-electron chi connectivity index (χ1n) is 7.08. The third-order valence-corrected chi connectivity index (χ3v) is 4.23. The third kappa shape index (κ3) is 4.14. The molecule has 116 valence electrons. The summed E-state index contributed by atoms with van der Waals surface area (Å²) in [6.07, 6.45) is 1.58. The van der Waals surface area contributed by atoms with Crippen LogP contribution in [-0.2, 0) is 17.6 Å². The Morgan fingerprint density at radius 2 is 1.91 bits per heavy atom. The number of carbonyl (C=O) groups is 2. The number of nitrogens with one attached hydrogen (secondary N) is 1. The van der Waals surface area contributed by atoms with Crippen molar-refractivity contribution < 1.29 is 14.7 Å². The molecule has 0 unspecified atom stereocenters. The van der Waals surface area contributed by atoms with Crippen LogP contribution in [0.25, 0.3) is 0 Å². The average Bonchev–Trinajstić information content (AvgIpc) is 2.89. The molecule has 0 fully saturated rings. The second-order valence-electron chi connectivity index (χ2n) is 4.99. The highest BCUT2D eigenvalue weighted by atomic mass is 32.1. The van der Waals surface area contributed by atoms with Crippen LogP contribution in [0.1, 0.15) is 39.8 Å². The Labute approximate surface area is 133 Å². The Hall–Kier alpha value is -2.21. The lowest BCUT2D eigenvalue weighted by Crippen LogP contribution is -2.09. The quantitative estimate of drug-likeness (QED) is 0.856. The number of rotatable bonds is 6. The van der Waals surface area contributed by atoms with Crippen molar-refractivity contribution in [3.05, 3.63) is 46.0 Å². The third-order valence-electron chi connectivity index (χ3n) is 3.23. The number of aryl methyl sites for hydroxylation is 3. The van der Waals surface area contributed by atoms with Gasteiger partial charge in [0.05, 0.1) is 5.69 Å². The lowest BCUT2D eigenvalue weighted by atomic mass is 10.1. The number of hydrogen-bond acceptors (Lipinski definition) is 4. The normalized spacial score (nSPS) is 10.5. The first kappa shape index (κ1) is 16.2. The summed E-state index contributed by atoms with van der Waals surface area (Å²) in [7, 11) is 0. The molecule has 0 atom stereocenters. The topological polar surface area (TPSA) is 79.3 Å². The van der Waals surface area contributed by atoms with E-state index in [0.717, 1.165) is 16.9 Å². The van der Waals surface area contributed by atoms with Crippen molar-refractivity contribution in [2.24, 2.45) is 0 Å². The van der Waals surface area contributed by atoms with E-state index in [-0.39, 0.29) is 10.8 Å². The molecule has 5 nitrogen and oxygen atoms in total. The smallest absolute Gasteiger partial charge is 0.347 e. The molecule has 1 amide bonds. The minimum atomic E-state index is -1.01. The summed E-state index contributed by atoms with van der Waals surface area (Å²) in [5, 5.41) is 12.2. The number of thiazole rings is 1. The van der Waals surface area contributed by atoms with Gasteiger partial charge in [0.15, 0.2) is 5.13 Å². The van der Waals surface area contributed by atoms with Crippen molar-refractivity contribution >= 4 is 28.3 Å². The van der Waals surface area contributed by atoms with Crippen molar-refractivity contribution in [3.63, 3.8) is 0 Å². The number of hydrogen-bond donors (Lipinski definition) is 2. The number of aromatic nitrogens is 1. The molecule has 6 heteroatoms. The summed E-state index contributed by atoms with van der Waals surface area (Å²) in [5.74, 6) is -1.18. The monoisotopic (exact) mass is 318 g/mol. The summed E-state index contributed by atoms with van der Waals surface area (Å²) >= 11 is 1.01. The molecule has 2 aromatic rings. The lowest BCUT2D eigenvalue weighted by molar-refractivity contribution is -0.115. The molecule has 0 saturated heterocycles. The van der Waals surface area contributed by atoms with Crippen molar-refractivity contribution in [2.45, 2.75) is 33.1 Å². The predicted molar refractivity (Wildman–Crippen MR) is 86.6 cm³/mol. The molecule has 0 aliphatic carbocycles. The van der Waals surface area contributed by atoms with Gasteiger partial charge in [-0.1, -0.05) is 48.1 Å². The minimum absolute atomic E-state index is 0.171. The molecule has 0 spiro atoms. The fourth-order valence-electron chi connectivity index (χ4n) is 1.97. The van der Waals surface area contributed by atoms with Crippen LogP contribution in [0.2, 0.25) is 0 Å². The van der Waals surface area contributed by atoms with Gasteiger partial charge in [-0.05, 0) is 25.3 Å². The van der Waals surface area contributed by atoms with E-state index in [1.54, 1.807) is 6.92 Å². The number of carboxylic acid groups (broad SMARTS) is 1. The second kappa shape index (κ2) is 7.17. The Balaban J connectivity index is 2.12. The Morgan fingerprint density at radius 3 is 2.50 bits per heavy atom. The average molecular weight is 318 g/mol. The van der Waals surface area contributed by atoms with E-state index in [9.17, 15) is 14.7 Å². The van der Waals surface area contributed by atoms with Gasteiger partial charge in [-0.2, -0.15) is 0 Å². The minimum Gasteiger partial charge on any atom is -0.477 e. The molecule has 0 radical (unpaired) electrons. The van der Waals surface area contributed by atoms with Crippen molar-refractivity contribution in [2.75, 3.05) is 5.32 Å². The van der Waals surface area contributed by atoms with Crippen molar-refractivity contribution in [1.29, 1.82) is 0 Å². The Bertz CT molecular complexity index is 677. The van der Waals surface area contributed by atoms with Gasteiger partial charge in [0.25, 0.3) is 0 Å². The SMILES string of the molecule is CCC(=O)Nc1nc(CCc2ccc(C)cc2)c(C(=O)O)s1. The molecule has 1 heterocycles. The summed E-state index contributed by atoms with van der Waals surface area (Å²) < 4.78 is 0. The number of anilines is 1. The largest absolute Gasteiger partial charge is 0.477 e. The maximum absolute atomic E-state index is 11.4. The van der Waals surface area contributed by atoms with E-state index < -0.39 is 5.97 Å². The highest BCUT2D eigenvalue weighted by molar-refractivity contribution is 7.17. The maximum atomic E-state index is 11.4. The van der Waals surface area contributed by atoms with Crippen molar-refractivity contribution in [3.8, 4) is 0 Å². The van der Waals surface area contributed by atoms with Crippen LogP contribution in [0, 0.1) is 6.92 Å². The number of amides is 1. The summed E-state index contributed by atoms with van der Waals surface area (Å²) in [5.41, 5.74) is 2.84. The highest BCUT2D eigenvalue weighted by Crippen LogP contribution is 2.24. The maximum Gasteiger partial charge on any atom is 0.347 e. The van der Waals surface area contributed by atoms with Gasteiger partial charge in [0.1, 0.15) is 4.88 Å². The Kier molecular flexibility index (Phi) is 5.27. The van der Waals surface area contributed by atoms with Crippen LogP contribution in [0.15, 0.2) is 24.3 Å². The molecule has 22 heavy (non-hydrogen) atoms. The van der Waals surface area contributed by atoms with Gasteiger partial charge in [-0.25, -0.2) is 9.78 Å². The fourth-order valence-corrected chi connectivity index (χ4v) is 2.83. The molecule has 0 aliphatic rings. The van der Waals surface area contributed by atoms with Gasteiger partial charge in [0.2, 0.25) is 5.91 Å². The zero-order chi connectivity index (χ0) is 16.1. The van der Waals surface area contributed by atoms with Gasteiger partial charge in [-0.3, -0.25) is 4.79 Å². The van der Waals surface area contributed by atoms with Crippen LogP contribution in [0.3, 0.4) is 0 Å². The van der Waals surface area contributed by atoms with E-state index in [1.165, 1.54) is 5.56 Å². The molecule has 2 rings (SSSR count). The first-order valence-corrected chi connectivity index (χ1v) is 7.89. The number of carbonyl (C=O) groups excluding carboxylic acids is 1. The van der Waals surface area contributed by atoms with Gasteiger partial charge in [-0.15, -0.1) is 0 Å². The molecule has 0 bridgehead atoms. The number of nitrogens with zero attached hydrogens (tertiary/aromatic N) is 1. The predicted octanol–water partition coefficient (Wildman–Crippen LogP) is 3.28. The van der Waals surface area contributed by atoms with E-state index >= 15 is 0 Å². The summed E-state index contributed by atoms with van der Waals surface area (Å²) in [4.78, 5) is 27.1. The lowest BCUT2D eigenvalue weighted by Gasteiger charge is -2.01. The molecule has 1 aromatic heterocycles.